The lowest BCUT2D eigenvalue weighted by Crippen LogP contribution is -2.23. The minimum absolute atomic E-state index is 0.354. The van der Waals surface area contributed by atoms with E-state index < -0.39 is 11.7 Å². The molecule has 0 saturated heterocycles. The van der Waals surface area contributed by atoms with Crippen LogP contribution in [0.1, 0.15) is 38.8 Å². The van der Waals surface area contributed by atoms with Gasteiger partial charge in [-0.1, -0.05) is 51.5 Å². The minimum Gasteiger partial charge on any atom is -0.313 e. The van der Waals surface area contributed by atoms with Crippen molar-refractivity contribution < 1.29 is 13.2 Å². The monoisotopic (exact) mass is 299 g/mol. The van der Waals surface area contributed by atoms with Gasteiger partial charge in [0, 0.05) is 6.54 Å². The number of halogens is 3. The molecule has 0 radical (unpaired) electrons. The molecule has 1 N–H and O–H groups in total. The van der Waals surface area contributed by atoms with E-state index in [1.54, 1.807) is 0 Å². The fraction of sp³-hybridized carbons (Fsp3) is 0.529. The van der Waals surface area contributed by atoms with Crippen molar-refractivity contribution in [3.63, 3.8) is 0 Å². The highest BCUT2D eigenvalue weighted by Gasteiger charge is 2.29. The van der Waals surface area contributed by atoms with Gasteiger partial charge in [-0.3, -0.25) is 0 Å². The zero-order valence-corrected chi connectivity index (χ0v) is 13.1. The Labute approximate surface area is 125 Å². The Morgan fingerprint density at radius 1 is 1.10 bits per heavy atom. The molecule has 0 unspecified atom stereocenters. The van der Waals surface area contributed by atoms with Crippen LogP contribution in [0.3, 0.4) is 0 Å². The van der Waals surface area contributed by atoms with Gasteiger partial charge in [-0.25, -0.2) is 0 Å². The topological polar surface area (TPSA) is 12.0 Å². The Morgan fingerprint density at radius 2 is 1.67 bits per heavy atom. The molecule has 118 valence electrons. The summed E-state index contributed by atoms with van der Waals surface area (Å²) in [4.78, 5) is 0. The molecule has 1 aromatic carbocycles. The van der Waals surface area contributed by atoms with Gasteiger partial charge >= 0.3 is 6.18 Å². The van der Waals surface area contributed by atoms with Gasteiger partial charge in [-0.2, -0.15) is 13.2 Å². The van der Waals surface area contributed by atoms with Crippen molar-refractivity contribution in [3.05, 3.63) is 41.0 Å². The Morgan fingerprint density at radius 3 is 2.10 bits per heavy atom. The summed E-state index contributed by atoms with van der Waals surface area (Å²) in [6.45, 7) is 10.1. The molecule has 1 aromatic rings. The maximum Gasteiger partial charge on any atom is 0.416 e. The van der Waals surface area contributed by atoms with E-state index in [2.05, 4.69) is 33.0 Å². The first kappa shape index (κ1) is 17.8. The number of hydrogen-bond donors (Lipinski definition) is 1. The molecule has 0 aromatic heterocycles. The van der Waals surface area contributed by atoms with Crippen LogP contribution in [0, 0.1) is 11.8 Å². The third-order valence-corrected chi connectivity index (χ3v) is 3.21. The van der Waals surface area contributed by atoms with Gasteiger partial charge in [-0.05, 0) is 36.1 Å². The highest BCUT2D eigenvalue weighted by Crippen LogP contribution is 2.29. The second-order valence-electron chi connectivity index (χ2n) is 6.02. The molecule has 0 bridgehead atoms. The number of benzene rings is 1. The third-order valence-electron chi connectivity index (χ3n) is 3.21. The average molecular weight is 299 g/mol. The van der Waals surface area contributed by atoms with Gasteiger partial charge in [0.25, 0.3) is 0 Å². The lowest BCUT2D eigenvalue weighted by molar-refractivity contribution is -0.137. The van der Waals surface area contributed by atoms with Crippen LogP contribution in [0.15, 0.2) is 29.8 Å². The summed E-state index contributed by atoms with van der Waals surface area (Å²) in [5.41, 5.74) is 1.39. The summed E-state index contributed by atoms with van der Waals surface area (Å²) >= 11 is 0. The molecule has 0 amide bonds. The van der Waals surface area contributed by atoms with E-state index in [1.165, 1.54) is 17.7 Å². The summed E-state index contributed by atoms with van der Waals surface area (Å²) in [5.74, 6) is 0.927. The van der Waals surface area contributed by atoms with Crippen LogP contribution in [-0.4, -0.2) is 13.1 Å². The van der Waals surface area contributed by atoms with Gasteiger partial charge in [0.1, 0.15) is 0 Å². The number of rotatable bonds is 6. The average Bonchev–Trinajstić information content (AvgIpc) is 2.36. The SMILES string of the molecule is CC(C)CNCC(=Cc1ccc(C(F)(F)F)cc1)C(C)C. The van der Waals surface area contributed by atoms with E-state index >= 15 is 0 Å². The maximum atomic E-state index is 12.5. The van der Waals surface area contributed by atoms with E-state index in [-0.39, 0.29) is 0 Å². The Hall–Kier alpha value is -1.29. The molecule has 1 nitrogen and oxygen atoms in total. The van der Waals surface area contributed by atoms with E-state index in [9.17, 15) is 13.2 Å². The summed E-state index contributed by atoms with van der Waals surface area (Å²) < 4.78 is 37.6. The molecule has 0 aliphatic rings. The number of nitrogens with one attached hydrogen (secondary N) is 1. The second kappa shape index (κ2) is 7.64. The molecule has 0 heterocycles. The molecule has 0 atom stereocenters. The van der Waals surface area contributed by atoms with E-state index in [0.29, 0.717) is 11.8 Å². The zero-order chi connectivity index (χ0) is 16.0. The Bertz CT molecular complexity index is 456. The van der Waals surface area contributed by atoms with Gasteiger partial charge in [-0.15, -0.1) is 0 Å². The largest absolute Gasteiger partial charge is 0.416 e. The summed E-state index contributed by atoms with van der Waals surface area (Å²) in [7, 11) is 0. The van der Waals surface area contributed by atoms with Crippen molar-refractivity contribution in [2.45, 2.75) is 33.9 Å². The summed E-state index contributed by atoms with van der Waals surface area (Å²) in [5, 5.41) is 3.37. The quantitative estimate of drug-likeness (QED) is 0.780. The summed E-state index contributed by atoms with van der Waals surface area (Å²) in [6.07, 6.45) is -2.31. The lowest BCUT2D eigenvalue weighted by atomic mass is 9.99. The highest BCUT2D eigenvalue weighted by atomic mass is 19.4. The normalized spacial score (nSPS) is 13.3. The number of hydrogen-bond acceptors (Lipinski definition) is 1. The van der Waals surface area contributed by atoms with Gasteiger partial charge < -0.3 is 5.32 Å². The van der Waals surface area contributed by atoms with Crippen molar-refractivity contribution >= 4 is 6.08 Å². The maximum absolute atomic E-state index is 12.5. The molecule has 4 heteroatoms. The van der Waals surface area contributed by atoms with Crippen molar-refractivity contribution in [2.75, 3.05) is 13.1 Å². The minimum atomic E-state index is -4.28. The predicted molar refractivity (Wildman–Crippen MR) is 82.0 cm³/mol. The van der Waals surface area contributed by atoms with Crippen LogP contribution >= 0.6 is 0 Å². The molecule has 0 saturated carbocycles. The highest BCUT2D eigenvalue weighted by molar-refractivity contribution is 5.54. The van der Waals surface area contributed by atoms with E-state index in [0.717, 1.165) is 30.8 Å². The summed E-state index contributed by atoms with van der Waals surface area (Å²) in [6, 6.07) is 5.30. The van der Waals surface area contributed by atoms with Crippen LogP contribution in [0.2, 0.25) is 0 Å². The first-order chi connectivity index (χ1) is 9.70. The molecular formula is C17H24F3N. The van der Waals surface area contributed by atoms with Gasteiger partial charge in [0.2, 0.25) is 0 Å². The van der Waals surface area contributed by atoms with Crippen LogP contribution in [-0.2, 0) is 6.18 Å². The molecular weight excluding hydrogens is 275 g/mol. The molecule has 0 spiro atoms. The second-order valence-corrected chi connectivity index (χ2v) is 6.02. The predicted octanol–water partition coefficient (Wildman–Crippen LogP) is 4.99. The van der Waals surface area contributed by atoms with Crippen LogP contribution < -0.4 is 5.32 Å². The van der Waals surface area contributed by atoms with Crippen LogP contribution in [0.5, 0.6) is 0 Å². The number of alkyl halides is 3. The first-order valence-corrected chi connectivity index (χ1v) is 7.28. The van der Waals surface area contributed by atoms with Crippen molar-refractivity contribution in [1.29, 1.82) is 0 Å². The van der Waals surface area contributed by atoms with Crippen molar-refractivity contribution in [1.82, 2.24) is 5.32 Å². The van der Waals surface area contributed by atoms with E-state index in [1.807, 2.05) is 6.08 Å². The molecule has 0 aliphatic heterocycles. The zero-order valence-electron chi connectivity index (χ0n) is 13.1. The fourth-order valence-corrected chi connectivity index (χ4v) is 1.91. The fourth-order valence-electron chi connectivity index (χ4n) is 1.91. The smallest absolute Gasteiger partial charge is 0.313 e. The molecule has 0 fully saturated rings. The van der Waals surface area contributed by atoms with Crippen LogP contribution in [0.25, 0.3) is 6.08 Å². The molecule has 21 heavy (non-hydrogen) atoms. The Kier molecular flexibility index (Phi) is 6.46. The van der Waals surface area contributed by atoms with E-state index in [4.69, 9.17) is 0 Å². The molecule has 0 aliphatic carbocycles. The molecule has 1 rings (SSSR count). The standard InChI is InChI=1S/C17H24F3N/c1-12(2)10-21-11-15(13(3)4)9-14-5-7-16(8-6-14)17(18,19)20/h5-9,12-13,21H,10-11H2,1-4H3. The first-order valence-electron chi connectivity index (χ1n) is 7.28. The van der Waals surface area contributed by atoms with Crippen LogP contribution in [0.4, 0.5) is 13.2 Å². The lowest BCUT2D eigenvalue weighted by Gasteiger charge is -2.14. The van der Waals surface area contributed by atoms with Gasteiger partial charge in [0.05, 0.1) is 5.56 Å². The van der Waals surface area contributed by atoms with Crippen molar-refractivity contribution in [2.24, 2.45) is 11.8 Å². The van der Waals surface area contributed by atoms with Gasteiger partial charge in [0.15, 0.2) is 0 Å². The Balaban J connectivity index is 2.80. The third kappa shape index (κ3) is 6.34. The van der Waals surface area contributed by atoms with Crippen molar-refractivity contribution in [3.8, 4) is 0 Å².